The van der Waals surface area contributed by atoms with E-state index in [2.05, 4.69) is 0 Å². The maximum absolute atomic E-state index is 11.5. The Labute approximate surface area is 63.7 Å². The van der Waals surface area contributed by atoms with E-state index in [9.17, 15) is 9.59 Å². The number of hydrogen-bond acceptors (Lipinski definition) is 3. The first-order chi connectivity index (χ1) is 5.20. The van der Waals surface area contributed by atoms with Gasteiger partial charge in [-0.15, -0.1) is 0 Å². The molecule has 58 valence electrons. The SMILES string of the molecule is O=C1OC2(CC2)C(=O)C12CC2. The minimum Gasteiger partial charge on any atom is -0.450 e. The molecule has 1 aliphatic heterocycles. The number of ketones is 1. The standard InChI is InChI=1S/C8H8O3/c9-5-7(1-2-7)6(10)11-8(5)3-4-8/h1-4H2. The van der Waals surface area contributed by atoms with Crippen LogP contribution in [0.2, 0.25) is 0 Å². The molecule has 0 atom stereocenters. The number of rotatable bonds is 0. The Hall–Kier alpha value is -0.860. The molecular formula is C8H8O3. The van der Waals surface area contributed by atoms with E-state index in [0.29, 0.717) is 0 Å². The first-order valence-corrected chi connectivity index (χ1v) is 3.98. The van der Waals surface area contributed by atoms with Crippen molar-refractivity contribution in [2.75, 3.05) is 0 Å². The van der Waals surface area contributed by atoms with Crippen LogP contribution in [0.15, 0.2) is 0 Å². The molecule has 0 aromatic rings. The smallest absolute Gasteiger partial charge is 0.320 e. The lowest BCUT2D eigenvalue weighted by atomic mass is 9.99. The van der Waals surface area contributed by atoms with Gasteiger partial charge in [0.05, 0.1) is 0 Å². The maximum atomic E-state index is 11.5. The third kappa shape index (κ3) is 0.451. The second kappa shape index (κ2) is 1.24. The molecule has 3 rings (SSSR count). The summed E-state index contributed by atoms with van der Waals surface area (Å²) in [7, 11) is 0. The van der Waals surface area contributed by atoms with Gasteiger partial charge in [0, 0.05) is 0 Å². The van der Waals surface area contributed by atoms with Gasteiger partial charge >= 0.3 is 5.97 Å². The molecule has 0 aromatic carbocycles. The molecule has 1 saturated heterocycles. The predicted octanol–water partition coefficient (Wildman–Crippen LogP) is 0.425. The van der Waals surface area contributed by atoms with Crippen molar-refractivity contribution >= 4 is 11.8 Å². The fourth-order valence-electron chi connectivity index (χ4n) is 1.85. The summed E-state index contributed by atoms with van der Waals surface area (Å²) in [6.45, 7) is 0. The lowest BCUT2D eigenvalue weighted by molar-refractivity contribution is -0.146. The Morgan fingerprint density at radius 3 is 2.00 bits per heavy atom. The van der Waals surface area contributed by atoms with Crippen molar-refractivity contribution in [1.82, 2.24) is 0 Å². The summed E-state index contributed by atoms with van der Waals surface area (Å²) in [5, 5.41) is 0. The summed E-state index contributed by atoms with van der Waals surface area (Å²) in [5.41, 5.74) is -1.26. The van der Waals surface area contributed by atoms with Crippen LogP contribution >= 0.6 is 0 Å². The zero-order valence-corrected chi connectivity index (χ0v) is 6.05. The highest BCUT2D eigenvalue weighted by molar-refractivity contribution is 6.16. The van der Waals surface area contributed by atoms with E-state index in [4.69, 9.17) is 4.74 Å². The van der Waals surface area contributed by atoms with Gasteiger partial charge in [0.1, 0.15) is 5.41 Å². The van der Waals surface area contributed by atoms with Crippen LogP contribution in [0.25, 0.3) is 0 Å². The number of carbonyl (C=O) groups excluding carboxylic acids is 2. The van der Waals surface area contributed by atoms with Crippen LogP contribution in [0.5, 0.6) is 0 Å². The number of esters is 1. The Bertz CT molecular complexity index is 271. The topological polar surface area (TPSA) is 43.4 Å². The van der Waals surface area contributed by atoms with Gasteiger partial charge in [-0.25, -0.2) is 0 Å². The summed E-state index contributed by atoms with van der Waals surface area (Å²) < 4.78 is 5.06. The summed E-state index contributed by atoms with van der Waals surface area (Å²) in [6, 6.07) is 0. The molecule has 0 N–H and O–H groups in total. The third-order valence-electron chi connectivity index (χ3n) is 2.98. The van der Waals surface area contributed by atoms with Crippen LogP contribution in [0.1, 0.15) is 25.7 Å². The van der Waals surface area contributed by atoms with Crippen molar-refractivity contribution < 1.29 is 14.3 Å². The molecule has 3 fully saturated rings. The van der Waals surface area contributed by atoms with Gasteiger partial charge in [-0.1, -0.05) is 0 Å². The molecule has 0 bridgehead atoms. The predicted molar refractivity (Wildman–Crippen MR) is 34.7 cm³/mol. The average Bonchev–Trinajstić information content (AvgIpc) is 2.81. The second-order valence-corrected chi connectivity index (χ2v) is 3.80. The molecule has 0 amide bonds. The Kier molecular flexibility index (Phi) is 0.646. The minimum absolute atomic E-state index is 0.0787. The van der Waals surface area contributed by atoms with Crippen molar-refractivity contribution in [3.63, 3.8) is 0 Å². The lowest BCUT2D eigenvalue weighted by Gasteiger charge is -1.99. The van der Waals surface area contributed by atoms with Gasteiger partial charge in [0.2, 0.25) is 0 Å². The highest BCUT2D eigenvalue weighted by Gasteiger charge is 2.74. The zero-order valence-electron chi connectivity index (χ0n) is 6.05. The van der Waals surface area contributed by atoms with Crippen LogP contribution in [-0.4, -0.2) is 17.4 Å². The number of hydrogen-bond donors (Lipinski definition) is 0. The Morgan fingerprint density at radius 1 is 1.09 bits per heavy atom. The van der Waals surface area contributed by atoms with Crippen LogP contribution in [0, 0.1) is 5.41 Å². The van der Waals surface area contributed by atoms with E-state index in [1.807, 2.05) is 0 Å². The number of ether oxygens (including phenoxy) is 1. The van der Waals surface area contributed by atoms with Gasteiger partial charge in [0.25, 0.3) is 0 Å². The fraction of sp³-hybridized carbons (Fsp3) is 0.750. The van der Waals surface area contributed by atoms with Gasteiger partial charge in [0.15, 0.2) is 11.4 Å². The summed E-state index contributed by atoms with van der Waals surface area (Å²) in [5.74, 6) is -0.171. The normalized spacial score (nSPS) is 34.5. The van der Waals surface area contributed by atoms with Crippen molar-refractivity contribution in [3.8, 4) is 0 Å². The van der Waals surface area contributed by atoms with Crippen LogP contribution in [0.4, 0.5) is 0 Å². The van der Waals surface area contributed by atoms with Crippen molar-refractivity contribution in [2.45, 2.75) is 31.3 Å². The van der Waals surface area contributed by atoms with E-state index in [1.54, 1.807) is 0 Å². The van der Waals surface area contributed by atoms with Crippen LogP contribution in [-0.2, 0) is 14.3 Å². The molecule has 0 unspecified atom stereocenters. The quantitative estimate of drug-likeness (QED) is 0.373. The highest BCUT2D eigenvalue weighted by atomic mass is 16.6. The first-order valence-electron chi connectivity index (χ1n) is 3.98. The van der Waals surface area contributed by atoms with Crippen molar-refractivity contribution in [2.24, 2.45) is 5.41 Å². The fourth-order valence-corrected chi connectivity index (χ4v) is 1.85. The van der Waals surface area contributed by atoms with Crippen molar-refractivity contribution in [1.29, 1.82) is 0 Å². The van der Waals surface area contributed by atoms with Gasteiger partial charge < -0.3 is 4.74 Å². The van der Waals surface area contributed by atoms with Gasteiger partial charge in [-0.3, -0.25) is 9.59 Å². The molecule has 11 heavy (non-hydrogen) atoms. The van der Waals surface area contributed by atoms with E-state index in [1.165, 1.54) is 0 Å². The molecule has 3 aliphatic rings. The van der Waals surface area contributed by atoms with Gasteiger partial charge in [-0.2, -0.15) is 0 Å². The maximum Gasteiger partial charge on any atom is 0.320 e. The zero-order chi connectivity index (χ0) is 7.69. The Balaban J connectivity index is 2.09. The summed E-state index contributed by atoms with van der Waals surface area (Å²) >= 11 is 0. The molecule has 0 radical (unpaired) electrons. The van der Waals surface area contributed by atoms with E-state index < -0.39 is 11.0 Å². The van der Waals surface area contributed by atoms with Crippen LogP contribution in [0.3, 0.4) is 0 Å². The lowest BCUT2D eigenvalue weighted by Crippen LogP contribution is -2.22. The summed E-state index contributed by atoms with van der Waals surface area (Å²) in [6.07, 6.45) is 2.98. The Morgan fingerprint density at radius 2 is 1.73 bits per heavy atom. The van der Waals surface area contributed by atoms with E-state index in [0.717, 1.165) is 25.7 Å². The highest BCUT2D eigenvalue weighted by Crippen LogP contribution is 2.61. The number of Topliss-reactive ketones (excluding diaryl/α,β-unsaturated/α-hetero) is 1. The number of carbonyl (C=O) groups is 2. The first kappa shape index (κ1) is 5.75. The average molecular weight is 152 g/mol. The summed E-state index contributed by atoms with van der Waals surface area (Å²) in [4.78, 5) is 22.7. The van der Waals surface area contributed by atoms with E-state index >= 15 is 0 Å². The minimum atomic E-state index is -0.642. The van der Waals surface area contributed by atoms with E-state index in [-0.39, 0.29) is 11.8 Å². The van der Waals surface area contributed by atoms with Crippen LogP contribution < -0.4 is 0 Å². The molecule has 2 spiro atoms. The monoisotopic (exact) mass is 152 g/mol. The van der Waals surface area contributed by atoms with Gasteiger partial charge in [-0.05, 0) is 25.7 Å². The molecule has 2 saturated carbocycles. The molecule has 3 nitrogen and oxygen atoms in total. The second-order valence-electron chi connectivity index (χ2n) is 3.80. The van der Waals surface area contributed by atoms with Crippen molar-refractivity contribution in [3.05, 3.63) is 0 Å². The largest absolute Gasteiger partial charge is 0.450 e. The molecule has 0 aromatic heterocycles. The molecule has 3 heteroatoms. The molecule has 1 heterocycles. The third-order valence-corrected chi connectivity index (χ3v) is 2.98. The molecular weight excluding hydrogens is 144 g/mol. The molecule has 2 aliphatic carbocycles.